The van der Waals surface area contributed by atoms with E-state index in [0.717, 1.165) is 48.4 Å². The van der Waals surface area contributed by atoms with Gasteiger partial charge in [0.1, 0.15) is 0 Å². The second kappa shape index (κ2) is 6.64. The highest BCUT2D eigenvalue weighted by Crippen LogP contribution is 2.30. The highest BCUT2D eigenvalue weighted by Gasteiger charge is 2.38. The van der Waals surface area contributed by atoms with Gasteiger partial charge in [-0.25, -0.2) is 4.68 Å². The van der Waals surface area contributed by atoms with E-state index in [1.54, 1.807) is 0 Å². The molecule has 2 fully saturated rings. The Balaban J connectivity index is 1.46. The molecule has 132 valence electrons. The minimum Gasteiger partial charge on any atom is -0.374 e. The summed E-state index contributed by atoms with van der Waals surface area (Å²) >= 11 is 0. The van der Waals surface area contributed by atoms with Gasteiger partial charge in [-0.1, -0.05) is 12.1 Å². The Labute approximate surface area is 148 Å². The van der Waals surface area contributed by atoms with Gasteiger partial charge in [0.25, 0.3) is 0 Å². The molecule has 1 aromatic carbocycles. The van der Waals surface area contributed by atoms with E-state index in [4.69, 9.17) is 4.74 Å². The van der Waals surface area contributed by atoms with E-state index in [-0.39, 0.29) is 18.1 Å². The molecular formula is C20H25N3O2. The zero-order chi connectivity index (χ0) is 17.4. The molecule has 4 rings (SSSR count). The molecule has 5 nitrogen and oxygen atoms in total. The number of benzene rings is 1. The third-order valence-electron chi connectivity index (χ3n) is 5.35. The van der Waals surface area contributed by atoms with Crippen molar-refractivity contribution in [3.05, 3.63) is 47.3 Å². The second-order valence-electron chi connectivity index (χ2n) is 7.18. The quantitative estimate of drug-likeness (QED) is 0.864. The number of hydrogen-bond donors (Lipinski definition) is 0. The van der Waals surface area contributed by atoms with Crippen LogP contribution in [-0.2, 0) is 16.0 Å². The summed E-state index contributed by atoms with van der Waals surface area (Å²) in [5.41, 5.74) is 4.21. The molecule has 0 spiro atoms. The third kappa shape index (κ3) is 3.21. The van der Waals surface area contributed by atoms with Gasteiger partial charge in [0.05, 0.1) is 36.6 Å². The normalized spacial score (nSPS) is 22.9. The van der Waals surface area contributed by atoms with Crippen molar-refractivity contribution in [1.82, 2.24) is 14.7 Å². The lowest BCUT2D eigenvalue weighted by Crippen LogP contribution is -2.51. The van der Waals surface area contributed by atoms with Gasteiger partial charge in [0, 0.05) is 12.2 Å². The van der Waals surface area contributed by atoms with Gasteiger partial charge in [0.15, 0.2) is 0 Å². The molecular weight excluding hydrogens is 314 g/mol. The van der Waals surface area contributed by atoms with Crippen molar-refractivity contribution in [1.29, 1.82) is 0 Å². The van der Waals surface area contributed by atoms with Crippen LogP contribution in [0.25, 0.3) is 5.69 Å². The molecule has 1 aliphatic heterocycles. The Bertz CT molecular complexity index is 766. The number of amides is 1. The van der Waals surface area contributed by atoms with Crippen LogP contribution in [0.15, 0.2) is 30.3 Å². The number of rotatable bonds is 3. The number of carbonyl (C=O) groups excluding carboxylic acids is 1. The van der Waals surface area contributed by atoms with Crippen molar-refractivity contribution in [3.8, 4) is 5.69 Å². The fourth-order valence-electron chi connectivity index (χ4n) is 4.16. The molecule has 25 heavy (non-hydrogen) atoms. The van der Waals surface area contributed by atoms with Crippen LogP contribution in [0.4, 0.5) is 0 Å². The maximum Gasteiger partial charge on any atom is 0.227 e. The Morgan fingerprint density at radius 3 is 2.76 bits per heavy atom. The largest absolute Gasteiger partial charge is 0.374 e. The van der Waals surface area contributed by atoms with Crippen LogP contribution in [0.5, 0.6) is 0 Å². The van der Waals surface area contributed by atoms with Crippen molar-refractivity contribution < 1.29 is 9.53 Å². The van der Waals surface area contributed by atoms with Crippen molar-refractivity contribution in [2.75, 3.05) is 13.2 Å². The lowest BCUT2D eigenvalue weighted by atomic mass is 10.1. The summed E-state index contributed by atoms with van der Waals surface area (Å²) in [6.07, 6.45) is 4.04. The SMILES string of the molecule is Cc1cc(C)n(-c2ccc(CC(=O)N3CCO[C@@H]4CCC[C@@H]43)cc2)n1. The van der Waals surface area contributed by atoms with Crippen molar-refractivity contribution >= 4 is 5.91 Å². The number of morpholine rings is 1. The van der Waals surface area contributed by atoms with Gasteiger partial charge in [-0.15, -0.1) is 0 Å². The summed E-state index contributed by atoms with van der Waals surface area (Å²) in [4.78, 5) is 14.8. The van der Waals surface area contributed by atoms with E-state index in [9.17, 15) is 4.79 Å². The predicted molar refractivity (Wildman–Crippen MR) is 95.8 cm³/mol. The van der Waals surface area contributed by atoms with E-state index >= 15 is 0 Å². The average molecular weight is 339 g/mol. The molecule has 1 saturated heterocycles. The first-order valence-electron chi connectivity index (χ1n) is 9.15. The van der Waals surface area contributed by atoms with E-state index in [0.29, 0.717) is 13.0 Å². The van der Waals surface area contributed by atoms with Crippen LogP contribution in [0.2, 0.25) is 0 Å². The molecule has 2 aliphatic rings. The Kier molecular flexibility index (Phi) is 4.34. The summed E-state index contributed by atoms with van der Waals surface area (Å²) in [6, 6.07) is 10.5. The standard InChI is InChI=1S/C20H25N3O2/c1-14-12-15(2)23(21-14)17-8-6-16(7-9-17)13-20(24)22-10-11-25-19-5-3-4-18(19)22/h6-9,12,18-19H,3-5,10-11,13H2,1-2H3/t18-,19+/m0/s1. The summed E-state index contributed by atoms with van der Waals surface area (Å²) in [5.74, 6) is 0.221. The van der Waals surface area contributed by atoms with Crippen molar-refractivity contribution in [3.63, 3.8) is 0 Å². The molecule has 2 heterocycles. The van der Waals surface area contributed by atoms with Gasteiger partial charge < -0.3 is 9.64 Å². The molecule has 0 unspecified atom stereocenters. The number of aromatic nitrogens is 2. The van der Waals surface area contributed by atoms with Gasteiger partial charge >= 0.3 is 0 Å². The van der Waals surface area contributed by atoms with E-state index in [1.165, 1.54) is 0 Å². The molecule has 5 heteroatoms. The summed E-state index contributed by atoms with van der Waals surface area (Å²) in [5, 5.41) is 4.51. The third-order valence-corrected chi connectivity index (χ3v) is 5.35. The molecule has 0 N–H and O–H groups in total. The van der Waals surface area contributed by atoms with Gasteiger partial charge in [-0.3, -0.25) is 4.79 Å². The van der Waals surface area contributed by atoms with Crippen molar-refractivity contribution in [2.24, 2.45) is 0 Å². The number of hydrogen-bond acceptors (Lipinski definition) is 3. The van der Waals surface area contributed by atoms with Gasteiger partial charge in [-0.2, -0.15) is 5.10 Å². The monoisotopic (exact) mass is 339 g/mol. The summed E-state index contributed by atoms with van der Waals surface area (Å²) < 4.78 is 7.74. The van der Waals surface area contributed by atoms with Crippen molar-refractivity contribution in [2.45, 2.75) is 51.7 Å². The highest BCUT2D eigenvalue weighted by atomic mass is 16.5. The number of fused-ring (bicyclic) bond motifs is 1. The fourth-order valence-corrected chi connectivity index (χ4v) is 4.16. The fraction of sp³-hybridized carbons (Fsp3) is 0.500. The molecule has 1 aliphatic carbocycles. The van der Waals surface area contributed by atoms with Crippen LogP contribution in [0, 0.1) is 13.8 Å². The predicted octanol–water partition coefficient (Wildman–Crippen LogP) is 2.81. The molecule has 2 atom stereocenters. The first kappa shape index (κ1) is 16.3. The highest BCUT2D eigenvalue weighted by molar-refractivity contribution is 5.79. The minimum absolute atomic E-state index is 0.221. The van der Waals surface area contributed by atoms with Gasteiger partial charge in [0.2, 0.25) is 5.91 Å². The molecule has 0 radical (unpaired) electrons. The maximum atomic E-state index is 12.8. The van der Waals surface area contributed by atoms with Crippen LogP contribution >= 0.6 is 0 Å². The van der Waals surface area contributed by atoms with Crippen LogP contribution in [0.3, 0.4) is 0 Å². The number of ether oxygens (including phenoxy) is 1. The molecule has 1 aromatic heterocycles. The van der Waals surface area contributed by atoms with Gasteiger partial charge in [-0.05, 0) is 56.9 Å². The number of aryl methyl sites for hydroxylation is 2. The van der Waals surface area contributed by atoms with E-state index < -0.39 is 0 Å². The first-order chi connectivity index (χ1) is 12.1. The topological polar surface area (TPSA) is 47.4 Å². The molecule has 2 aromatic rings. The lowest BCUT2D eigenvalue weighted by molar-refractivity contribution is -0.143. The summed E-state index contributed by atoms with van der Waals surface area (Å²) in [6.45, 7) is 5.44. The van der Waals surface area contributed by atoms with E-state index in [1.807, 2.05) is 42.8 Å². The molecule has 1 amide bonds. The Morgan fingerprint density at radius 1 is 1.24 bits per heavy atom. The zero-order valence-corrected chi connectivity index (χ0v) is 14.9. The Morgan fingerprint density at radius 2 is 2.04 bits per heavy atom. The molecule has 0 bridgehead atoms. The van der Waals surface area contributed by atoms with Crippen LogP contribution < -0.4 is 0 Å². The number of carbonyl (C=O) groups is 1. The lowest BCUT2D eigenvalue weighted by Gasteiger charge is -2.37. The second-order valence-corrected chi connectivity index (χ2v) is 7.18. The first-order valence-corrected chi connectivity index (χ1v) is 9.15. The maximum absolute atomic E-state index is 12.8. The summed E-state index contributed by atoms with van der Waals surface area (Å²) in [7, 11) is 0. The Hall–Kier alpha value is -2.14. The minimum atomic E-state index is 0.221. The molecule has 1 saturated carbocycles. The smallest absolute Gasteiger partial charge is 0.227 e. The van der Waals surface area contributed by atoms with Crippen LogP contribution in [-0.4, -0.2) is 45.9 Å². The van der Waals surface area contributed by atoms with Crippen LogP contribution in [0.1, 0.15) is 36.2 Å². The van der Waals surface area contributed by atoms with E-state index in [2.05, 4.69) is 16.1 Å². The average Bonchev–Trinajstić information content (AvgIpc) is 3.21. The zero-order valence-electron chi connectivity index (χ0n) is 14.9. The number of nitrogens with zero attached hydrogens (tertiary/aromatic N) is 3.